The molecule has 1 aromatic rings. The Kier molecular flexibility index (Phi) is 3.63. The molecule has 0 unspecified atom stereocenters. The molecule has 0 bridgehead atoms. The van der Waals surface area contributed by atoms with Gasteiger partial charge in [-0.1, -0.05) is 4.49 Å². The standard InChI is InChI=1S/C9H15N3O2S/c13-7-9(1-3-14-4-2-9)10-5-8-6-15-12-11-8/h6,10,13H,1-5,7H2. The smallest absolute Gasteiger partial charge is 0.0893 e. The highest BCUT2D eigenvalue weighted by atomic mass is 32.1. The van der Waals surface area contributed by atoms with Gasteiger partial charge in [0.2, 0.25) is 0 Å². The third-order valence-corrected chi connectivity index (χ3v) is 3.36. The molecular formula is C9H15N3O2S. The van der Waals surface area contributed by atoms with Gasteiger partial charge in [0, 0.05) is 30.7 Å². The second-order valence-electron chi connectivity index (χ2n) is 3.80. The Morgan fingerprint density at radius 2 is 2.33 bits per heavy atom. The lowest BCUT2D eigenvalue weighted by Crippen LogP contribution is -2.51. The third-order valence-electron chi connectivity index (χ3n) is 2.80. The maximum Gasteiger partial charge on any atom is 0.0893 e. The van der Waals surface area contributed by atoms with E-state index in [-0.39, 0.29) is 12.1 Å². The van der Waals surface area contributed by atoms with Crippen LogP contribution in [0.2, 0.25) is 0 Å². The minimum Gasteiger partial charge on any atom is -0.394 e. The molecule has 0 atom stereocenters. The molecule has 1 aliphatic heterocycles. The van der Waals surface area contributed by atoms with Crippen LogP contribution in [0.5, 0.6) is 0 Å². The molecule has 0 saturated carbocycles. The highest BCUT2D eigenvalue weighted by Gasteiger charge is 2.31. The fourth-order valence-corrected chi connectivity index (χ4v) is 2.14. The highest BCUT2D eigenvalue weighted by molar-refractivity contribution is 7.03. The number of ether oxygens (including phenoxy) is 1. The average molecular weight is 229 g/mol. The van der Waals surface area contributed by atoms with Gasteiger partial charge in [0.15, 0.2) is 0 Å². The molecule has 0 spiro atoms. The molecule has 1 aromatic heterocycles. The zero-order valence-electron chi connectivity index (χ0n) is 8.48. The second kappa shape index (κ2) is 4.98. The van der Waals surface area contributed by atoms with Crippen LogP contribution in [0.15, 0.2) is 5.38 Å². The van der Waals surface area contributed by atoms with Gasteiger partial charge in [-0.15, -0.1) is 5.10 Å². The number of aliphatic hydroxyl groups excluding tert-OH is 1. The van der Waals surface area contributed by atoms with Crippen molar-refractivity contribution in [2.75, 3.05) is 19.8 Å². The van der Waals surface area contributed by atoms with Gasteiger partial charge in [-0.25, -0.2) is 0 Å². The van der Waals surface area contributed by atoms with Crippen molar-refractivity contribution < 1.29 is 9.84 Å². The van der Waals surface area contributed by atoms with E-state index in [9.17, 15) is 5.11 Å². The Labute approximate surface area is 92.6 Å². The number of aliphatic hydroxyl groups is 1. The van der Waals surface area contributed by atoms with Crippen LogP contribution in [0.1, 0.15) is 18.5 Å². The minimum absolute atomic E-state index is 0.147. The normalized spacial score (nSPS) is 20.3. The molecule has 6 heteroatoms. The maximum atomic E-state index is 9.42. The van der Waals surface area contributed by atoms with Gasteiger partial charge in [0.05, 0.1) is 12.3 Å². The molecule has 15 heavy (non-hydrogen) atoms. The van der Waals surface area contributed by atoms with Crippen molar-refractivity contribution in [2.24, 2.45) is 0 Å². The summed E-state index contributed by atoms with van der Waals surface area (Å²) in [5, 5.41) is 18.7. The summed E-state index contributed by atoms with van der Waals surface area (Å²) in [6.07, 6.45) is 1.70. The summed E-state index contributed by atoms with van der Waals surface area (Å²) in [5.74, 6) is 0. The third kappa shape index (κ3) is 2.72. The van der Waals surface area contributed by atoms with Crippen LogP contribution in [-0.2, 0) is 11.3 Å². The van der Waals surface area contributed by atoms with Crippen LogP contribution < -0.4 is 5.32 Å². The molecule has 0 aliphatic carbocycles. The van der Waals surface area contributed by atoms with E-state index in [1.807, 2.05) is 5.38 Å². The summed E-state index contributed by atoms with van der Waals surface area (Å²) in [7, 11) is 0. The number of nitrogens with one attached hydrogen (secondary N) is 1. The van der Waals surface area contributed by atoms with E-state index < -0.39 is 0 Å². The predicted octanol–water partition coefficient (Wildman–Crippen LogP) is 0.169. The number of hydrogen-bond donors (Lipinski definition) is 2. The summed E-state index contributed by atoms with van der Waals surface area (Å²) < 4.78 is 9.09. The number of nitrogens with zero attached hydrogens (tertiary/aromatic N) is 2. The first-order valence-corrected chi connectivity index (χ1v) is 5.88. The average Bonchev–Trinajstić information content (AvgIpc) is 2.81. The molecule has 1 fully saturated rings. The van der Waals surface area contributed by atoms with Crippen molar-refractivity contribution >= 4 is 11.5 Å². The van der Waals surface area contributed by atoms with Crippen LogP contribution in [-0.4, -0.2) is 40.1 Å². The zero-order valence-corrected chi connectivity index (χ0v) is 9.29. The Balaban J connectivity index is 1.89. The van der Waals surface area contributed by atoms with E-state index in [1.54, 1.807) is 0 Å². The summed E-state index contributed by atoms with van der Waals surface area (Å²) in [6, 6.07) is 0. The van der Waals surface area contributed by atoms with Crippen molar-refractivity contribution in [3.63, 3.8) is 0 Å². The van der Waals surface area contributed by atoms with Gasteiger partial charge in [-0.05, 0) is 24.4 Å². The van der Waals surface area contributed by atoms with Gasteiger partial charge < -0.3 is 15.2 Å². The number of aromatic nitrogens is 2. The minimum atomic E-state index is -0.193. The van der Waals surface area contributed by atoms with Crippen LogP contribution in [0.25, 0.3) is 0 Å². The number of hydrogen-bond acceptors (Lipinski definition) is 6. The molecule has 2 heterocycles. The van der Waals surface area contributed by atoms with Crippen LogP contribution >= 0.6 is 11.5 Å². The summed E-state index contributed by atoms with van der Waals surface area (Å²) in [4.78, 5) is 0. The molecule has 2 rings (SSSR count). The molecule has 84 valence electrons. The molecule has 1 saturated heterocycles. The Hall–Kier alpha value is -0.560. The highest BCUT2D eigenvalue weighted by Crippen LogP contribution is 2.20. The number of rotatable bonds is 4. The quantitative estimate of drug-likeness (QED) is 0.770. The molecule has 0 amide bonds. The van der Waals surface area contributed by atoms with Crippen molar-refractivity contribution in [1.82, 2.24) is 14.9 Å². The first-order valence-electron chi connectivity index (χ1n) is 5.04. The van der Waals surface area contributed by atoms with Crippen molar-refractivity contribution in [3.8, 4) is 0 Å². The first kappa shape index (κ1) is 10.9. The Bertz CT molecular complexity index is 286. The molecule has 5 nitrogen and oxygen atoms in total. The van der Waals surface area contributed by atoms with E-state index in [4.69, 9.17) is 4.74 Å². The monoisotopic (exact) mass is 229 g/mol. The molecule has 0 radical (unpaired) electrons. The van der Waals surface area contributed by atoms with Crippen LogP contribution in [0.3, 0.4) is 0 Å². The lowest BCUT2D eigenvalue weighted by molar-refractivity contribution is 0.0110. The van der Waals surface area contributed by atoms with Gasteiger partial charge in [-0.2, -0.15) is 0 Å². The summed E-state index contributed by atoms with van der Waals surface area (Å²) in [5.41, 5.74) is 0.737. The van der Waals surface area contributed by atoms with Crippen molar-refractivity contribution in [1.29, 1.82) is 0 Å². The molecule has 1 aliphatic rings. The summed E-state index contributed by atoms with van der Waals surface area (Å²) >= 11 is 1.34. The van der Waals surface area contributed by atoms with Crippen LogP contribution in [0, 0.1) is 0 Å². The summed E-state index contributed by atoms with van der Waals surface area (Å²) in [6.45, 7) is 2.23. The second-order valence-corrected chi connectivity index (χ2v) is 4.41. The van der Waals surface area contributed by atoms with E-state index in [1.165, 1.54) is 11.5 Å². The first-order chi connectivity index (χ1) is 7.35. The van der Waals surface area contributed by atoms with Gasteiger partial charge >= 0.3 is 0 Å². The maximum absolute atomic E-state index is 9.42. The molecule has 2 N–H and O–H groups in total. The Morgan fingerprint density at radius 1 is 1.53 bits per heavy atom. The molecular weight excluding hydrogens is 214 g/mol. The van der Waals surface area contributed by atoms with E-state index in [0.717, 1.165) is 18.5 Å². The van der Waals surface area contributed by atoms with Crippen molar-refractivity contribution in [3.05, 3.63) is 11.1 Å². The lowest BCUT2D eigenvalue weighted by atomic mass is 9.91. The van der Waals surface area contributed by atoms with E-state index in [0.29, 0.717) is 19.8 Å². The fourth-order valence-electron chi connectivity index (χ4n) is 1.69. The van der Waals surface area contributed by atoms with Gasteiger partial charge in [0.1, 0.15) is 0 Å². The van der Waals surface area contributed by atoms with Crippen LogP contribution in [0.4, 0.5) is 0 Å². The lowest BCUT2D eigenvalue weighted by Gasteiger charge is -2.36. The van der Waals surface area contributed by atoms with E-state index >= 15 is 0 Å². The topological polar surface area (TPSA) is 67.3 Å². The Morgan fingerprint density at radius 3 is 2.93 bits per heavy atom. The SMILES string of the molecule is OCC1(NCc2csnn2)CCOCC1. The van der Waals surface area contributed by atoms with E-state index in [2.05, 4.69) is 14.9 Å². The van der Waals surface area contributed by atoms with Gasteiger partial charge in [-0.3, -0.25) is 0 Å². The fraction of sp³-hybridized carbons (Fsp3) is 0.778. The van der Waals surface area contributed by atoms with Gasteiger partial charge in [0.25, 0.3) is 0 Å². The van der Waals surface area contributed by atoms with Crippen molar-refractivity contribution in [2.45, 2.75) is 24.9 Å². The zero-order chi connectivity index (χ0) is 10.6. The predicted molar refractivity (Wildman–Crippen MR) is 56.6 cm³/mol. The largest absolute Gasteiger partial charge is 0.394 e. The molecule has 0 aromatic carbocycles.